The van der Waals surface area contributed by atoms with Crippen molar-refractivity contribution in [3.63, 3.8) is 0 Å². The maximum absolute atomic E-state index is 12.2. The highest BCUT2D eigenvalue weighted by molar-refractivity contribution is 9.10. The standard InChI is InChI=1S/C13H18BrNO3S/c1-10-13(6-8-18-10)19(16,17)9-7-15-12-5-3-2-4-11(12)14/h2-5,10,13,15H,6-9H2,1H3. The number of ether oxygens (including phenoxy) is 1. The highest BCUT2D eigenvalue weighted by Crippen LogP contribution is 2.23. The molecule has 0 saturated carbocycles. The van der Waals surface area contributed by atoms with Crippen molar-refractivity contribution in [1.82, 2.24) is 0 Å². The van der Waals surface area contributed by atoms with Gasteiger partial charge in [0.25, 0.3) is 0 Å². The van der Waals surface area contributed by atoms with Gasteiger partial charge in [-0.3, -0.25) is 0 Å². The van der Waals surface area contributed by atoms with Crippen molar-refractivity contribution in [2.45, 2.75) is 24.7 Å². The van der Waals surface area contributed by atoms with Gasteiger partial charge in [-0.05, 0) is 41.4 Å². The van der Waals surface area contributed by atoms with Gasteiger partial charge in [0.1, 0.15) is 0 Å². The molecule has 1 N–H and O–H groups in total. The van der Waals surface area contributed by atoms with Gasteiger partial charge in [0.2, 0.25) is 0 Å². The third kappa shape index (κ3) is 3.70. The fourth-order valence-corrected chi connectivity index (χ4v) is 4.50. The van der Waals surface area contributed by atoms with Crippen molar-refractivity contribution >= 4 is 31.5 Å². The van der Waals surface area contributed by atoms with E-state index in [1.165, 1.54) is 0 Å². The molecule has 0 spiro atoms. The summed E-state index contributed by atoms with van der Waals surface area (Å²) in [5.74, 6) is 0.132. The second-order valence-electron chi connectivity index (χ2n) is 4.68. The molecule has 4 nitrogen and oxygen atoms in total. The van der Waals surface area contributed by atoms with E-state index in [0.29, 0.717) is 19.6 Å². The van der Waals surface area contributed by atoms with E-state index >= 15 is 0 Å². The number of benzene rings is 1. The molecule has 1 fully saturated rings. The molecule has 1 aliphatic rings. The Labute approximate surface area is 122 Å². The van der Waals surface area contributed by atoms with Gasteiger partial charge in [0.05, 0.1) is 17.1 Å². The number of anilines is 1. The van der Waals surface area contributed by atoms with Crippen molar-refractivity contribution in [1.29, 1.82) is 0 Å². The number of nitrogens with one attached hydrogen (secondary N) is 1. The predicted molar refractivity (Wildman–Crippen MR) is 80.2 cm³/mol. The van der Waals surface area contributed by atoms with Crippen LogP contribution in [0.1, 0.15) is 13.3 Å². The number of para-hydroxylation sites is 1. The molecule has 1 saturated heterocycles. The Morgan fingerprint density at radius 3 is 2.79 bits per heavy atom. The van der Waals surface area contributed by atoms with Gasteiger partial charge < -0.3 is 10.1 Å². The first-order chi connectivity index (χ1) is 9.00. The monoisotopic (exact) mass is 347 g/mol. The lowest BCUT2D eigenvalue weighted by Gasteiger charge is -2.15. The van der Waals surface area contributed by atoms with Crippen LogP contribution in [0.15, 0.2) is 28.7 Å². The Morgan fingerprint density at radius 2 is 2.16 bits per heavy atom. The van der Waals surface area contributed by atoms with Crippen LogP contribution in [0.4, 0.5) is 5.69 Å². The van der Waals surface area contributed by atoms with Crippen LogP contribution in [-0.4, -0.2) is 38.7 Å². The SMILES string of the molecule is CC1OCCC1S(=O)(=O)CCNc1ccccc1Br. The van der Waals surface area contributed by atoms with Crippen LogP contribution in [0.25, 0.3) is 0 Å². The Kier molecular flexibility index (Phi) is 4.86. The van der Waals surface area contributed by atoms with Gasteiger partial charge in [-0.2, -0.15) is 0 Å². The van der Waals surface area contributed by atoms with Crippen molar-refractivity contribution in [3.05, 3.63) is 28.7 Å². The summed E-state index contributed by atoms with van der Waals surface area (Å²) in [6, 6.07) is 7.67. The zero-order valence-electron chi connectivity index (χ0n) is 10.8. The maximum Gasteiger partial charge on any atom is 0.157 e. The molecule has 0 bridgehead atoms. The Morgan fingerprint density at radius 1 is 1.42 bits per heavy atom. The van der Waals surface area contributed by atoms with E-state index in [1.807, 2.05) is 31.2 Å². The molecule has 2 atom stereocenters. The number of sulfone groups is 1. The first kappa shape index (κ1) is 14.8. The van der Waals surface area contributed by atoms with Crippen molar-refractivity contribution in [3.8, 4) is 0 Å². The summed E-state index contributed by atoms with van der Waals surface area (Å²) in [6.07, 6.45) is 0.423. The Hall–Kier alpha value is -0.590. The lowest BCUT2D eigenvalue weighted by atomic mass is 10.3. The summed E-state index contributed by atoms with van der Waals surface area (Å²) in [5, 5.41) is 2.79. The maximum atomic E-state index is 12.2. The summed E-state index contributed by atoms with van der Waals surface area (Å²) < 4.78 is 30.6. The van der Waals surface area contributed by atoms with E-state index in [0.717, 1.165) is 10.2 Å². The zero-order valence-corrected chi connectivity index (χ0v) is 13.2. The molecule has 1 aliphatic heterocycles. The fraction of sp³-hybridized carbons (Fsp3) is 0.538. The van der Waals surface area contributed by atoms with Gasteiger partial charge in [-0.25, -0.2) is 8.42 Å². The van der Waals surface area contributed by atoms with E-state index in [-0.39, 0.29) is 17.1 Å². The van der Waals surface area contributed by atoms with Gasteiger partial charge >= 0.3 is 0 Å². The molecule has 2 unspecified atom stereocenters. The van der Waals surface area contributed by atoms with E-state index in [4.69, 9.17) is 4.74 Å². The lowest BCUT2D eigenvalue weighted by molar-refractivity contribution is 0.126. The lowest BCUT2D eigenvalue weighted by Crippen LogP contribution is -2.32. The predicted octanol–water partition coefficient (Wildman–Crippen LogP) is 2.45. The minimum atomic E-state index is -3.09. The topological polar surface area (TPSA) is 55.4 Å². The molecule has 0 aliphatic carbocycles. The molecular weight excluding hydrogens is 330 g/mol. The normalized spacial score (nSPS) is 23.5. The zero-order chi connectivity index (χ0) is 13.9. The highest BCUT2D eigenvalue weighted by atomic mass is 79.9. The second kappa shape index (κ2) is 6.24. The highest BCUT2D eigenvalue weighted by Gasteiger charge is 2.35. The third-order valence-electron chi connectivity index (χ3n) is 3.34. The average molecular weight is 348 g/mol. The first-order valence-corrected chi connectivity index (χ1v) is 8.83. The smallest absolute Gasteiger partial charge is 0.157 e. The molecular formula is C13H18BrNO3S. The van der Waals surface area contributed by atoms with Crippen LogP contribution in [-0.2, 0) is 14.6 Å². The van der Waals surface area contributed by atoms with Crippen molar-refractivity contribution in [2.24, 2.45) is 0 Å². The summed E-state index contributed by atoms with van der Waals surface area (Å²) >= 11 is 3.42. The summed E-state index contributed by atoms with van der Waals surface area (Å²) in [6.45, 7) is 2.79. The van der Waals surface area contributed by atoms with Crippen LogP contribution in [0.5, 0.6) is 0 Å². The number of rotatable bonds is 5. The van der Waals surface area contributed by atoms with Crippen LogP contribution in [0.3, 0.4) is 0 Å². The summed E-state index contributed by atoms with van der Waals surface area (Å²) in [7, 11) is -3.09. The summed E-state index contributed by atoms with van der Waals surface area (Å²) in [5.41, 5.74) is 0.911. The Balaban J connectivity index is 1.90. The molecule has 0 amide bonds. The minimum absolute atomic E-state index is 0.132. The third-order valence-corrected chi connectivity index (χ3v) is 6.35. The molecule has 2 rings (SSSR count). The Bertz CT molecular complexity index is 532. The van der Waals surface area contributed by atoms with E-state index < -0.39 is 9.84 Å². The van der Waals surface area contributed by atoms with E-state index in [1.54, 1.807) is 0 Å². The van der Waals surface area contributed by atoms with E-state index in [2.05, 4.69) is 21.2 Å². The molecule has 19 heavy (non-hydrogen) atoms. The van der Waals surface area contributed by atoms with Gasteiger partial charge in [-0.1, -0.05) is 12.1 Å². The molecule has 1 aromatic carbocycles. The minimum Gasteiger partial charge on any atom is -0.383 e. The first-order valence-electron chi connectivity index (χ1n) is 6.32. The van der Waals surface area contributed by atoms with Gasteiger partial charge in [0.15, 0.2) is 9.84 Å². The molecule has 1 aromatic rings. The van der Waals surface area contributed by atoms with Gasteiger partial charge in [-0.15, -0.1) is 0 Å². The van der Waals surface area contributed by atoms with Crippen molar-refractivity contribution < 1.29 is 13.2 Å². The van der Waals surface area contributed by atoms with Crippen LogP contribution in [0.2, 0.25) is 0 Å². The number of halogens is 1. The molecule has 6 heteroatoms. The van der Waals surface area contributed by atoms with E-state index in [9.17, 15) is 8.42 Å². The quantitative estimate of drug-likeness (QED) is 0.888. The summed E-state index contributed by atoms with van der Waals surface area (Å²) in [4.78, 5) is 0. The largest absolute Gasteiger partial charge is 0.383 e. The average Bonchev–Trinajstić information content (AvgIpc) is 2.79. The number of hydrogen-bond donors (Lipinski definition) is 1. The van der Waals surface area contributed by atoms with Crippen LogP contribution in [0, 0.1) is 0 Å². The fourth-order valence-electron chi connectivity index (χ4n) is 2.27. The van der Waals surface area contributed by atoms with Crippen molar-refractivity contribution in [2.75, 3.05) is 24.2 Å². The molecule has 1 heterocycles. The van der Waals surface area contributed by atoms with Gasteiger partial charge in [0, 0.05) is 23.3 Å². The van der Waals surface area contributed by atoms with Crippen LogP contribution < -0.4 is 5.32 Å². The van der Waals surface area contributed by atoms with Crippen LogP contribution >= 0.6 is 15.9 Å². The number of hydrogen-bond acceptors (Lipinski definition) is 4. The molecule has 0 aromatic heterocycles. The molecule has 106 valence electrons. The molecule has 0 radical (unpaired) electrons. The second-order valence-corrected chi connectivity index (χ2v) is 7.87.